The van der Waals surface area contributed by atoms with Crippen LogP contribution >= 0.6 is 0 Å². The molecule has 2 unspecified atom stereocenters. The molecule has 2 atom stereocenters. The van der Waals surface area contributed by atoms with Gasteiger partial charge in [-0.05, 0) is 24.6 Å². The van der Waals surface area contributed by atoms with Crippen molar-refractivity contribution < 1.29 is 28.8 Å². The number of nitro benzene ring substituents is 1. The first-order valence-electron chi connectivity index (χ1n) is 10.5. The van der Waals surface area contributed by atoms with Crippen LogP contribution in [0.4, 0.5) is 5.69 Å². The third-order valence-electron chi connectivity index (χ3n) is 5.18. The second kappa shape index (κ2) is 11.1. The van der Waals surface area contributed by atoms with Gasteiger partial charge in [0, 0.05) is 31.6 Å². The molecule has 33 heavy (non-hydrogen) atoms. The molecule has 2 aromatic carbocycles. The molecule has 1 aliphatic heterocycles. The molecule has 2 amide bonds. The third kappa shape index (κ3) is 6.52. The lowest BCUT2D eigenvalue weighted by molar-refractivity contribution is -0.384. The van der Waals surface area contributed by atoms with Crippen LogP contribution in [0, 0.1) is 10.1 Å². The first-order chi connectivity index (χ1) is 15.8. The van der Waals surface area contributed by atoms with E-state index in [1.807, 2.05) is 30.3 Å². The molecule has 10 nitrogen and oxygen atoms in total. The van der Waals surface area contributed by atoms with E-state index in [4.69, 9.17) is 9.47 Å². The number of nitro groups is 1. The number of piperazine rings is 1. The Morgan fingerprint density at radius 3 is 2.55 bits per heavy atom. The standard InChI is InChI=1S/C23H25N3O7/c1-16(33-19-9-7-18(8-10-19)26(30)31)23(29)25-13-12-24-22(28)20(25)15-21(27)32-14-11-17-5-3-2-4-6-17/h2-10,16,20H,11-15H2,1H3,(H,24,28). The molecule has 1 saturated heterocycles. The number of nitrogens with zero attached hydrogens (tertiary/aromatic N) is 2. The number of hydrogen-bond acceptors (Lipinski definition) is 7. The van der Waals surface area contributed by atoms with Crippen molar-refractivity contribution in [1.82, 2.24) is 10.2 Å². The van der Waals surface area contributed by atoms with E-state index >= 15 is 0 Å². The lowest BCUT2D eigenvalue weighted by Crippen LogP contribution is -2.60. The predicted octanol–water partition coefficient (Wildman–Crippen LogP) is 1.87. The van der Waals surface area contributed by atoms with Crippen molar-refractivity contribution in [2.24, 2.45) is 0 Å². The van der Waals surface area contributed by atoms with E-state index in [0.717, 1.165) is 5.56 Å². The molecular weight excluding hydrogens is 430 g/mol. The first kappa shape index (κ1) is 23.7. The van der Waals surface area contributed by atoms with E-state index in [-0.39, 0.29) is 37.6 Å². The number of benzene rings is 2. The zero-order valence-corrected chi connectivity index (χ0v) is 18.1. The number of hydrogen-bond donors (Lipinski definition) is 1. The van der Waals surface area contributed by atoms with Gasteiger partial charge >= 0.3 is 5.97 Å². The number of esters is 1. The lowest BCUT2D eigenvalue weighted by Gasteiger charge is -2.36. The van der Waals surface area contributed by atoms with Gasteiger partial charge in [-0.15, -0.1) is 0 Å². The van der Waals surface area contributed by atoms with E-state index in [2.05, 4.69) is 5.32 Å². The van der Waals surface area contributed by atoms with E-state index in [9.17, 15) is 24.5 Å². The number of amides is 2. The van der Waals surface area contributed by atoms with Gasteiger partial charge in [0.1, 0.15) is 11.8 Å². The van der Waals surface area contributed by atoms with E-state index in [1.165, 1.54) is 36.1 Å². The van der Waals surface area contributed by atoms with Gasteiger partial charge in [0.15, 0.2) is 6.10 Å². The van der Waals surface area contributed by atoms with Crippen molar-refractivity contribution >= 4 is 23.5 Å². The van der Waals surface area contributed by atoms with Crippen LogP contribution in [0.15, 0.2) is 54.6 Å². The Balaban J connectivity index is 1.57. The van der Waals surface area contributed by atoms with Crippen LogP contribution in [-0.2, 0) is 25.5 Å². The third-order valence-corrected chi connectivity index (χ3v) is 5.18. The SMILES string of the molecule is CC(Oc1ccc([N+](=O)[O-])cc1)C(=O)N1CCNC(=O)C1CC(=O)OCCc1ccccc1. The second-order valence-electron chi connectivity index (χ2n) is 7.51. The molecular formula is C23H25N3O7. The van der Waals surface area contributed by atoms with Gasteiger partial charge in [-0.1, -0.05) is 30.3 Å². The molecule has 0 saturated carbocycles. The molecule has 10 heteroatoms. The maximum atomic E-state index is 13.0. The number of nitrogens with one attached hydrogen (secondary N) is 1. The van der Waals surface area contributed by atoms with Crippen molar-refractivity contribution in [3.8, 4) is 5.75 Å². The zero-order valence-electron chi connectivity index (χ0n) is 18.1. The smallest absolute Gasteiger partial charge is 0.308 e. The van der Waals surface area contributed by atoms with Gasteiger partial charge in [-0.2, -0.15) is 0 Å². The van der Waals surface area contributed by atoms with Gasteiger partial charge in [0.2, 0.25) is 5.91 Å². The minimum Gasteiger partial charge on any atom is -0.481 e. The fraction of sp³-hybridized carbons (Fsp3) is 0.348. The maximum Gasteiger partial charge on any atom is 0.308 e. The molecule has 0 radical (unpaired) electrons. The number of non-ortho nitro benzene ring substituents is 1. The van der Waals surface area contributed by atoms with E-state index in [1.54, 1.807) is 0 Å². The van der Waals surface area contributed by atoms with Gasteiger partial charge in [-0.25, -0.2) is 0 Å². The van der Waals surface area contributed by atoms with E-state index in [0.29, 0.717) is 6.42 Å². The Bertz CT molecular complexity index is 995. The Morgan fingerprint density at radius 2 is 1.88 bits per heavy atom. The highest BCUT2D eigenvalue weighted by Gasteiger charge is 2.37. The van der Waals surface area contributed by atoms with Gasteiger partial charge < -0.3 is 19.7 Å². The topological polar surface area (TPSA) is 128 Å². The van der Waals surface area contributed by atoms with Crippen molar-refractivity contribution in [2.45, 2.75) is 31.9 Å². The second-order valence-corrected chi connectivity index (χ2v) is 7.51. The fourth-order valence-corrected chi connectivity index (χ4v) is 3.46. The molecule has 1 aliphatic rings. The van der Waals surface area contributed by atoms with Crippen LogP contribution in [0.5, 0.6) is 5.75 Å². The Hall–Kier alpha value is -3.95. The molecule has 0 bridgehead atoms. The molecule has 2 aromatic rings. The fourth-order valence-electron chi connectivity index (χ4n) is 3.46. The highest BCUT2D eigenvalue weighted by atomic mass is 16.6. The summed E-state index contributed by atoms with van der Waals surface area (Å²) >= 11 is 0. The van der Waals surface area contributed by atoms with Crippen molar-refractivity contribution in [3.05, 3.63) is 70.3 Å². The van der Waals surface area contributed by atoms with Crippen LogP contribution in [0.1, 0.15) is 18.9 Å². The monoisotopic (exact) mass is 455 g/mol. The maximum absolute atomic E-state index is 13.0. The molecule has 1 fully saturated rings. The number of ether oxygens (including phenoxy) is 2. The average molecular weight is 455 g/mol. The quantitative estimate of drug-likeness (QED) is 0.347. The number of carbonyl (C=O) groups is 3. The summed E-state index contributed by atoms with van der Waals surface area (Å²) in [7, 11) is 0. The number of rotatable bonds is 9. The average Bonchev–Trinajstić information content (AvgIpc) is 2.81. The normalized spacial score (nSPS) is 16.5. The summed E-state index contributed by atoms with van der Waals surface area (Å²) in [5, 5.41) is 13.4. The molecule has 1 heterocycles. The largest absolute Gasteiger partial charge is 0.481 e. The molecule has 1 N–H and O–H groups in total. The molecule has 0 aromatic heterocycles. The molecule has 174 valence electrons. The van der Waals surface area contributed by atoms with Crippen LogP contribution in [-0.4, -0.2) is 59.4 Å². The summed E-state index contributed by atoms with van der Waals surface area (Å²) < 4.78 is 10.9. The molecule has 0 spiro atoms. The molecule has 3 rings (SSSR count). The van der Waals surface area contributed by atoms with Crippen LogP contribution in [0.2, 0.25) is 0 Å². The zero-order chi connectivity index (χ0) is 23.8. The lowest BCUT2D eigenvalue weighted by atomic mass is 10.1. The van der Waals surface area contributed by atoms with Gasteiger partial charge in [0.05, 0.1) is 18.0 Å². The Labute approximate surface area is 190 Å². The summed E-state index contributed by atoms with van der Waals surface area (Å²) in [5.41, 5.74) is 0.926. The van der Waals surface area contributed by atoms with Crippen LogP contribution < -0.4 is 10.1 Å². The van der Waals surface area contributed by atoms with E-state index < -0.39 is 34.9 Å². The summed E-state index contributed by atoms with van der Waals surface area (Å²) in [6.45, 7) is 2.17. The molecule has 0 aliphatic carbocycles. The highest BCUT2D eigenvalue weighted by molar-refractivity contribution is 5.93. The van der Waals surface area contributed by atoms with Crippen molar-refractivity contribution in [2.75, 3.05) is 19.7 Å². The van der Waals surface area contributed by atoms with Crippen LogP contribution in [0.3, 0.4) is 0 Å². The Kier molecular flexibility index (Phi) is 7.96. The van der Waals surface area contributed by atoms with Gasteiger partial charge in [0.25, 0.3) is 11.6 Å². The minimum atomic E-state index is -1.00. The summed E-state index contributed by atoms with van der Waals surface area (Å²) in [4.78, 5) is 49.3. The van der Waals surface area contributed by atoms with Crippen molar-refractivity contribution in [1.29, 1.82) is 0 Å². The predicted molar refractivity (Wildman–Crippen MR) is 117 cm³/mol. The summed E-state index contributed by atoms with van der Waals surface area (Å²) in [5.74, 6) is -1.20. The van der Waals surface area contributed by atoms with Crippen LogP contribution in [0.25, 0.3) is 0 Å². The van der Waals surface area contributed by atoms with Gasteiger partial charge in [-0.3, -0.25) is 24.5 Å². The summed E-state index contributed by atoms with van der Waals surface area (Å²) in [6, 6.07) is 13.9. The number of carbonyl (C=O) groups excluding carboxylic acids is 3. The Morgan fingerprint density at radius 1 is 1.18 bits per heavy atom. The highest BCUT2D eigenvalue weighted by Crippen LogP contribution is 2.20. The minimum absolute atomic E-state index is 0.0973. The first-order valence-corrected chi connectivity index (χ1v) is 10.5. The summed E-state index contributed by atoms with van der Waals surface area (Å²) in [6.07, 6.45) is -0.683. The van der Waals surface area contributed by atoms with Crippen molar-refractivity contribution in [3.63, 3.8) is 0 Å².